The van der Waals surface area contributed by atoms with Crippen molar-refractivity contribution < 1.29 is 4.79 Å². The van der Waals surface area contributed by atoms with Gasteiger partial charge < -0.3 is 10.2 Å². The number of fused-ring (bicyclic) bond motifs is 1. The van der Waals surface area contributed by atoms with Crippen molar-refractivity contribution in [3.8, 4) is 0 Å². The normalized spacial score (nSPS) is 17.0. The number of carbonyl (C=O) groups is 1. The van der Waals surface area contributed by atoms with Crippen LogP contribution in [0.15, 0.2) is 30.5 Å². The summed E-state index contributed by atoms with van der Waals surface area (Å²) in [6, 6.07) is 7.57. The summed E-state index contributed by atoms with van der Waals surface area (Å²) in [5.74, 6) is 0.515. The highest BCUT2D eigenvalue weighted by molar-refractivity contribution is 6.34. The number of nitrogens with one attached hydrogen (secondary N) is 1. The fraction of sp³-hybridized carbons (Fsp3) is 0.350. The number of nitrogens with zero attached hydrogens (tertiary/aromatic N) is 4. The Hall–Kier alpha value is -2.31. The number of amides is 1. The van der Waals surface area contributed by atoms with Crippen LogP contribution >= 0.6 is 23.2 Å². The molecular weight excluding hydrogens is 397 g/mol. The van der Waals surface area contributed by atoms with Gasteiger partial charge in [0, 0.05) is 55.0 Å². The van der Waals surface area contributed by atoms with Gasteiger partial charge in [-0.25, -0.2) is 4.98 Å². The predicted octanol–water partition coefficient (Wildman–Crippen LogP) is 3.77. The first-order chi connectivity index (χ1) is 13.5. The van der Waals surface area contributed by atoms with E-state index in [0.717, 1.165) is 16.6 Å². The molecule has 1 N–H and O–H groups in total. The van der Waals surface area contributed by atoms with E-state index in [1.807, 2.05) is 29.9 Å². The molecule has 1 aliphatic heterocycles. The molecule has 2 aromatic heterocycles. The lowest BCUT2D eigenvalue weighted by Crippen LogP contribution is -2.59. The van der Waals surface area contributed by atoms with E-state index in [2.05, 4.69) is 20.3 Å². The summed E-state index contributed by atoms with van der Waals surface area (Å²) < 4.78 is 1.96. The van der Waals surface area contributed by atoms with Crippen LogP contribution in [0.3, 0.4) is 0 Å². The summed E-state index contributed by atoms with van der Waals surface area (Å²) in [5, 5.41) is 9.73. The van der Waals surface area contributed by atoms with Crippen LogP contribution in [0.25, 0.3) is 10.9 Å². The molecule has 28 heavy (non-hydrogen) atoms. The van der Waals surface area contributed by atoms with Crippen molar-refractivity contribution in [2.75, 3.05) is 18.0 Å². The molecule has 8 heteroatoms. The summed E-state index contributed by atoms with van der Waals surface area (Å²) in [5.41, 5.74) is 3.70. The Morgan fingerprint density at radius 1 is 1.21 bits per heavy atom. The van der Waals surface area contributed by atoms with Gasteiger partial charge in [-0.3, -0.25) is 9.48 Å². The van der Waals surface area contributed by atoms with Gasteiger partial charge in [0.15, 0.2) is 0 Å². The number of anilines is 1. The third kappa shape index (κ3) is 3.10. The van der Waals surface area contributed by atoms with Crippen LogP contribution in [0.4, 0.5) is 5.69 Å². The molecule has 3 heterocycles. The molecular formula is C20H19Cl2N5O. The maximum Gasteiger partial charge on any atom is 0.251 e. The van der Waals surface area contributed by atoms with Gasteiger partial charge in [-0.15, -0.1) is 0 Å². The number of halogens is 2. The van der Waals surface area contributed by atoms with Crippen LogP contribution in [0.1, 0.15) is 34.8 Å². The van der Waals surface area contributed by atoms with Crippen LogP contribution in [0, 0.1) is 0 Å². The second-order valence-corrected chi connectivity index (χ2v) is 8.34. The van der Waals surface area contributed by atoms with Crippen LogP contribution in [0.5, 0.6) is 0 Å². The van der Waals surface area contributed by atoms with Crippen molar-refractivity contribution >= 4 is 45.7 Å². The third-order valence-electron chi connectivity index (χ3n) is 5.46. The minimum atomic E-state index is -0.0593. The number of hydrogen-bond donors (Lipinski definition) is 1. The van der Waals surface area contributed by atoms with Crippen LogP contribution < -0.4 is 10.2 Å². The van der Waals surface area contributed by atoms with Gasteiger partial charge in [0.05, 0.1) is 22.3 Å². The Balaban J connectivity index is 1.29. The highest BCUT2D eigenvalue weighted by atomic mass is 35.5. The number of pyridine rings is 1. The number of rotatable bonds is 4. The summed E-state index contributed by atoms with van der Waals surface area (Å²) in [4.78, 5) is 18.8. The van der Waals surface area contributed by atoms with Gasteiger partial charge in [-0.2, -0.15) is 5.10 Å². The zero-order chi connectivity index (χ0) is 19.4. The molecule has 0 bridgehead atoms. The Morgan fingerprint density at radius 3 is 2.75 bits per heavy atom. The zero-order valence-corrected chi connectivity index (χ0v) is 16.8. The quantitative estimate of drug-likeness (QED) is 0.658. The summed E-state index contributed by atoms with van der Waals surface area (Å²) >= 11 is 12.2. The monoisotopic (exact) mass is 415 g/mol. The fourth-order valence-electron chi connectivity index (χ4n) is 3.88. The SMILES string of the molecule is Cn1nc2ccc(C(=O)NC3CN(c4cc(Cl)ncc4Cl)C3)cc2c1C1CC1. The van der Waals surface area contributed by atoms with Crippen molar-refractivity contribution in [1.29, 1.82) is 0 Å². The van der Waals surface area contributed by atoms with Crippen molar-refractivity contribution in [1.82, 2.24) is 20.1 Å². The minimum Gasteiger partial charge on any atom is -0.366 e. The first-order valence-corrected chi connectivity index (χ1v) is 10.1. The van der Waals surface area contributed by atoms with E-state index < -0.39 is 0 Å². The maximum absolute atomic E-state index is 12.7. The second-order valence-electron chi connectivity index (χ2n) is 7.55. The van der Waals surface area contributed by atoms with E-state index in [9.17, 15) is 4.79 Å². The average Bonchev–Trinajstić information content (AvgIpc) is 3.41. The van der Waals surface area contributed by atoms with E-state index >= 15 is 0 Å². The molecule has 1 aromatic carbocycles. The number of benzene rings is 1. The van der Waals surface area contributed by atoms with Gasteiger partial charge in [0.1, 0.15) is 5.15 Å². The molecule has 6 nitrogen and oxygen atoms in total. The molecule has 1 saturated carbocycles. The smallest absolute Gasteiger partial charge is 0.251 e. The van der Waals surface area contributed by atoms with Crippen LogP contribution in [-0.4, -0.2) is 39.8 Å². The van der Waals surface area contributed by atoms with Gasteiger partial charge in [-0.05, 0) is 31.0 Å². The first-order valence-electron chi connectivity index (χ1n) is 9.33. The minimum absolute atomic E-state index is 0.0593. The molecule has 0 spiro atoms. The second kappa shape index (κ2) is 6.64. The number of carbonyl (C=O) groups excluding carboxylic acids is 1. The average molecular weight is 416 g/mol. The van der Waals surface area contributed by atoms with Crippen LogP contribution in [-0.2, 0) is 7.05 Å². The topological polar surface area (TPSA) is 63.1 Å². The molecule has 5 rings (SSSR count). The number of hydrogen-bond acceptors (Lipinski definition) is 4. The van der Waals surface area contributed by atoms with Gasteiger partial charge in [-0.1, -0.05) is 23.2 Å². The molecule has 0 unspecified atom stereocenters. The van der Waals surface area contributed by atoms with E-state index in [1.165, 1.54) is 18.5 Å². The molecule has 144 valence electrons. The molecule has 2 aliphatic rings. The third-order valence-corrected chi connectivity index (χ3v) is 5.96. The zero-order valence-electron chi connectivity index (χ0n) is 15.3. The lowest BCUT2D eigenvalue weighted by atomic mass is 10.1. The molecule has 2 fully saturated rings. The summed E-state index contributed by atoms with van der Waals surface area (Å²) in [6.45, 7) is 1.38. The van der Waals surface area contributed by atoms with E-state index in [1.54, 1.807) is 12.3 Å². The molecule has 0 radical (unpaired) electrons. The standard InChI is InChI=1S/C20H19Cl2N5O/c1-26-19(11-2-3-11)14-6-12(4-5-16(14)25-26)20(28)24-13-9-27(10-13)17-7-18(22)23-8-15(17)21/h4-8,11,13H,2-3,9-10H2,1H3,(H,24,28). The molecule has 1 aliphatic carbocycles. The first kappa shape index (κ1) is 17.8. The molecule has 1 saturated heterocycles. The van der Waals surface area contributed by atoms with E-state index in [4.69, 9.17) is 23.2 Å². The lowest BCUT2D eigenvalue weighted by Gasteiger charge is -2.41. The highest BCUT2D eigenvalue weighted by Gasteiger charge is 2.31. The number of aromatic nitrogens is 3. The number of aryl methyl sites for hydroxylation is 1. The highest BCUT2D eigenvalue weighted by Crippen LogP contribution is 2.43. The van der Waals surface area contributed by atoms with Gasteiger partial charge in [0.2, 0.25) is 0 Å². The van der Waals surface area contributed by atoms with E-state index in [0.29, 0.717) is 34.7 Å². The van der Waals surface area contributed by atoms with Crippen molar-refractivity contribution in [2.24, 2.45) is 7.05 Å². The fourth-order valence-corrected chi connectivity index (χ4v) is 4.26. The Labute approximate surface area is 172 Å². The van der Waals surface area contributed by atoms with E-state index in [-0.39, 0.29) is 11.9 Å². The lowest BCUT2D eigenvalue weighted by molar-refractivity contribution is 0.0930. The molecule has 0 atom stereocenters. The predicted molar refractivity (Wildman–Crippen MR) is 110 cm³/mol. The largest absolute Gasteiger partial charge is 0.366 e. The van der Waals surface area contributed by atoms with Crippen LogP contribution in [0.2, 0.25) is 10.2 Å². The van der Waals surface area contributed by atoms with Gasteiger partial charge in [0.25, 0.3) is 5.91 Å². The van der Waals surface area contributed by atoms with Gasteiger partial charge >= 0.3 is 0 Å². The van der Waals surface area contributed by atoms with Crippen molar-refractivity contribution in [3.05, 3.63) is 51.9 Å². The molecule has 3 aromatic rings. The maximum atomic E-state index is 12.7. The summed E-state index contributed by atoms with van der Waals surface area (Å²) in [6.07, 6.45) is 3.95. The Kier molecular flexibility index (Phi) is 4.21. The molecule has 1 amide bonds. The van der Waals surface area contributed by atoms with Crippen molar-refractivity contribution in [3.63, 3.8) is 0 Å². The Bertz CT molecular complexity index is 1090. The summed E-state index contributed by atoms with van der Waals surface area (Å²) in [7, 11) is 1.98. The van der Waals surface area contributed by atoms with Crippen molar-refractivity contribution in [2.45, 2.75) is 24.8 Å². The Morgan fingerprint density at radius 2 is 2.00 bits per heavy atom.